The normalized spacial score (nSPS) is 17.9. The van der Waals surface area contributed by atoms with Gasteiger partial charge < -0.3 is 19.9 Å². The molecule has 0 saturated heterocycles. The van der Waals surface area contributed by atoms with E-state index in [2.05, 4.69) is 0 Å². The van der Waals surface area contributed by atoms with Gasteiger partial charge in [-0.1, -0.05) is 6.07 Å². The molecule has 1 atom stereocenters. The van der Waals surface area contributed by atoms with E-state index in [1.54, 1.807) is 7.11 Å². The molecule has 0 radical (unpaired) electrons. The molecule has 1 unspecified atom stereocenters. The molecule has 18 heavy (non-hydrogen) atoms. The third-order valence-corrected chi connectivity index (χ3v) is 3.23. The summed E-state index contributed by atoms with van der Waals surface area (Å²) in [5.41, 5.74) is 6.95. The Labute approximate surface area is 108 Å². The summed E-state index contributed by atoms with van der Waals surface area (Å²) in [5, 5.41) is 0. The van der Waals surface area contributed by atoms with Gasteiger partial charge in [0.1, 0.15) is 0 Å². The summed E-state index contributed by atoms with van der Waals surface area (Å²) in [7, 11) is 1.68. The smallest absolute Gasteiger partial charge is 0.161 e. The van der Waals surface area contributed by atoms with Crippen molar-refractivity contribution >= 4 is 0 Å². The first kappa shape index (κ1) is 13.2. The van der Waals surface area contributed by atoms with Gasteiger partial charge in [0.2, 0.25) is 0 Å². The van der Waals surface area contributed by atoms with Crippen molar-refractivity contribution in [3.63, 3.8) is 0 Å². The lowest BCUT2D eigenvalue weighted by atomic mass is 9.90. The first-order valence-electron chi connectivity index (χ1n) is 6.31. The van der Waals surface area contributed by atoms with Crippen LogP contribution in [-0.2, 0) is 10.3 Å². The van der Waals surface area contributed by atoms with E-state index in [0.29, 0.717) is 19.8 Å². The zero-order valence-corrected chi connectivity index (χ0v) is 11.1. The maximum absolute atomic E-state index is 6.32. The monoisotopic (exact) mass is 251 g/mol. The van der Waals surface area contributed by atoms with Gasteiger partial charge in [0.25, 0.3) is 0 Å². The molecule has 1 aliphatic heterocycles. The highest BCUT2D eigenvalue weighted by atomic mass is 16.5. The van der Waals surface area contributed by atoms with E-state index < -0.39 is 5.54 Å². The maximum atomic E-state index is 6.32. The van der Waals surface area contributed by atoms with Gasteiger partial charge in [-0.2, -0.15) is 0 Å². The Kier molecular flexibility index (Phi) is 4.09. The number of methoxy groups -OCH3 is 1. The maximum Gasteiger partial charge on any atom is 0.161 e. The van der Waals surface area contributed by atoms with Crippen LogP contribution in [0.5, 0.6) is 11.5 Å². The molecule has 2 N–H and O–H groups in total. The second-order valence-corrected chi connectivity index (χ2v) is 4.87. The number of fused-ring (bicyclic) bond motifs is 1. The third-order valence-electron chi connectivity index (χ3n) is 3.23. The van der Waals surface area contributed by atoms with E-state index >= 15 is 0 Å². The third kappa shape index (κ3) is 2.94. The van der Waals surface area contributed by atoms with Crippen molar-refractivity contribution in [1.82, 2.24) is 0 Å². The van der Waals surface area contributed by atoms with Crippen LogP contribution in [0.15, 0.2) is 18.2 Å². The van der Waals surface area contributed by atoms with Crippen LogP contribution in [0.2, 0.25) is 0 Å². The van der Waals surface area contributed by atoms with Gasteiger partial charge in [0, 0.05) is 25.7 Å². The highest BCUT2D eigenvalue weighted by molar-refractivity contribution is 5.45. The van der Waals surface area contributed by atoms with Crippen LogP contribution < -0.4 is 15.2 Å². The Hall–Kier alpha value is -1.26. The van der Waals surface area contributed by atoms with Crippen molar-refractivity contribution in [2.75, 3.05) is 26.9 Å². The molecule has 1 heterocycles. The van der Waals surface area contributed by atoms with Gasteiger partial charge in [-0.3, -0.25) is 0 Å². The Morgan fingerprint density at radius 2 is 2.00 bits per heavy atom. The van der Waals surface area contributed by atoms with Gasteiger partial charge in [-0.15, -0.1) is 0 Å². The van der Waals surface area contributed by atoms with E-state index in [9.17, 15) is 0 Å². The minimum absolute atomic E-state index is 0.416. The predicted molar refractivity (Wildman–Crippen MR) is 70.1 cm³/mol. The average molecular weight is 251 g/mol. The van der Waals surface area contributed by atoms with Gasteiger partial charge in [0.15, 0.2) is 11.5 Å². The van der Waals surface area contributed by atoms with Gasteiger partial charge >= 0.3 is 0 Å². The Morgan fingerprint density at radius 3 is 2.72 bits per heavy atom. The lowest BCUT2D eigenvalue weighted by Gasteiger charge is -2.25. The highest BCUT2D eigenvalue weighted by Crippen LogP contribution is 2.34. The Balaban J connectivity index is 2.21. The predicted octanol–water partition coefficient (Wildman–Crippen LogP) is 2.06. The number of hydrogen-bond donors (Lipinski definition) is 1. The zero-order chi connectivity index (χ0) is 13.0. The van der Waals surface area contributed by atoms with Crippen molar-refractivity contribution in [1.29, 1.82) is 0 Å². The van der Waals surface area contributed by atoms with Crippen molar-refractivity contribution in [3.8, 4) is 11.5 Å². The molecule has 1 aromatic rings. The highest BCUT2D eigenvalue weighted by Gasteiger charge is 2.23. The summed E-state index contributed by atoms with van der Waals surface area (Å²) >= 11 is 0. The van der Waals surface area contributed by atoms with E-state index in [1.807, 2.05) is 25.1 Å². The molecule has 0 aromatic heterocycles. The van der Waals surface area contributed by atoms with Crippen LogP contribution in [0.25, 0.3) is 0 Å². The van der Waals surface area contributed by atoms with Crippen LogP contribution in [0.4, 0.5) is 0 Å². The molecule has 1 aromatic carbocycles. The summed E-state index contributed by atoms with van der Waals surface area (Å²) in [5.74, 6) is 1.60. The summed E-state index contributed by atoms with van der Waals surface area (Å²) in [6.45, 7) is 4.04. The number of ether oxygens (including phenoxy) is 3. The molecule has 4 heteroatoms. The molecule has 0 amide bonds. The van der Waals surface area contributed by atoms with Crippen molar-refractivity contribution in [3.05, 3.63) is 23.8 Å². The summed E-state index contributed by atoms with van der Waals surface area (Å²) in [4.78, 5) is 0. The van der Waals surface area contributed by atoms with Crippen LogP contribution in [0.3, 0.4) is 0 Å². The fourth-order valence-corrected chi connectivity index (χ4v) is 1.98. The fraction of sp³-hybridized carbons (Fsp3) is 0.571. The number of hydrogen-bond acceptors (Lipinski definition) is 4. The van der Waals surface area contributed by atoms with Gasteiger partial charge in [-0.25, -0.2) is 0 Å². The minimum Gasteiger partial charge on any atom is -0.490 e. The number of rotatable bonds is 4. The van der Waals surface area contributed by atoms with Crippen molar-refractivity contribution in [2.24, 2.45) is 5.73 Å². The second kappa shape index (κ2) is 5.59. The molecule has 100 valence electrons. The number of nitrogens with two attached hydrogens (primary N) is 1. The molecule has 2 rings (SSSR count). The topological polar surface area (TPSA) is 53.7 Å². The second-order valence-electron chi connectivity index (χ2n) is 4.87. The summed E-state index contributed by atoms with van der Waals surface area (Å²) in [6.07, 6.45) is 1.68. The SMILES string of the molecule is COCCC(C)(N)c1ccc2c(c1)OCCCO2. The van der Waals surface area contributed by atoms with E-state index in [-0.39, 0.29) is 0 Å². The number of benzene rings is 1. The van der Waals surface area contributed by atoms with E-state index in [4.69, 9.17) is 19.9 Å². The van der Waals surface area contributed by atoms with Crippen LogP contribution in [0.1, 0.15) is 25.3 Å². The molecule has 0 bridgehead atoms. The van der Waals surface area contributed by atoms with Crippen molar-refractivity contribution < 1.29 is 14.2 Å². The van der Waals surface area contributed by atoms with Crippen LogP contribution in [0, 0.1) is 0 Å². The molecule has 0 spiro atoms. The summed E-state index contributed by atoms with van der Waals surface area (Å²) in [6, 6.07) is 5.92. The summed E-state index contributed by atoms with van der Waals surface area (Å²) < 4.78 is 16.4. The Bertz CT molecular complexity index is 404. The fourth-order valence-electron chi connectivity index (χ4n) is 1.98. The zero-order valence-electron chi connectivity index (χ0n) is 11.1. The van der Waals surface area contributed by atoms with Crippen LogP contribution >= 0.6 is 0 Å². The molecular formula is C14H21NO3. The van der Waals surface area contributed by atoms with Gasteiger partial charge in [0.05, 0.1) is 13.2 Å². The van der Waals surface area contributed by atoms with Crippen molar-refractivity contribution in [2.45, 2.75) is 25.3 Å². The lowest BCUT2D eigenvalue weighted by Crippen LogP contribution is -2.34. The average Bonchev–Trinajstić information content (AvgIpc) is 2.60. The molecule has 0 aliphatic carbocycles. The lowest BCUT2D eigenvalue weighted by molar-refractivity contribution is 0.172. The first-order chi connectivity index (χ1) is 8.63. The largest absolute Gasteiger partial charge is 0.490 e. The molecule has 4 nitrogen and oxygen atoms in total. The molecule has 0 saturated carbocycles. The van der Waals surface area contributed by atoms with Crippen LogP contribution in [-0.4, -0.2) is 26.9 Å². The standard InChI is InChI=1S/C14H21NO3/c1-14(15,6-9-16-2)11-4-5-12-13(10-11)18-8-3-7-17-12/h4-5,10H,3,6-9,15H2,1-2H3. The first-order valence-corrected chi connectivity index (χ1v) is 6.31. The quantitative estimate of drug-likeness (QED) is 0.890. The van der Waals surface area contributed by atoms with E-state index in [0.717, 1.165) is 29.9 Å². The molecular weight excluding hydrogens is 230 g/mol. The minimum atomic E-state index is -0.416. The van der Waals surface area contributed by atoms with Gasteiger partial charge in [-0.05, 0) is 31.0 Å². The molecule has 0 fully saturated rings. The Morgan fingerprint density at radius 1 is 1.28 bits per heavy atom. The van der Waals surface area contributed by atoms with E-state index in [1.165, 1.54) is 0 Å². The molecule has 1 aliphatic rings.